The number of alkyl halides is 1. The number of likely N-dealkylation sites (tertiary alicyclic amines) is 1. The Bertz CT molecular complexity index is 1170. The van der Waals surface area contributed by atoms with Gasteiger partial charge in [0.1, 0.15) is 12.7 Å². The van der Waals surface area contributed by atoms with Gasteiger partial charge in [0.05, 0.1) is 11.0 Å². The van der Waals surface area contributed by atoms with E-state index in [2.05, 4.69) is 15.3 Å². The molecule has 38 heavy (non-hydrogen) atoms. The number of carbonyl (C=O) groups is 3. The average molecular weight is 528 g/mol. The minimum Gasteiger partial charge on any atom is -0.475 e. The molecule has 1 saturated heterocycles. The minimum absolute atomic E-state index is 0.0320. The number of carboxylic acids is 1. The molecule has 3 atom stereocenters. The van der Waals surface area contributed by atoms with E-state index in [4.69, 9.17) is 5.73 Å². The second kappa shape index (κ2) is 11.4. The molecule has 1 unspecified atom stereocenters. The van der Waals surface area contributed by atoms with Crippen molar-refractivity contribution in [3.63, 3.8) is 0 Å². The lowest BCUT2D eigenvalue weighted by molar-refractivity contribution is -0.142. The van der Waals surface area contributed by atoms with Gasteiger partial charge in [-0.1, -0.05) is 32.1 Å². The fourth-order valence-corrected chi connectivity index (χ4v) is 7.01. The highest BCUT2D eigenvalue weighted by Crippen LogP contribution is 2.41. The number of nitrogens with one attached hydrogen (secondary N) is 2. The molecule has 1 aromatic carbocycles. The van der Waals surface area contributed by atoms with Gasteiger partial charge >= 0.3 is 5.97 Å². The monoisotopic (exact) mass is 527 g/mol. The number of carboxylic acid groups (broad SMARTS) is 1. The molecule has 0 spiro atoms. The Balaban J connectivity index is 1.34. The van der Waals surface area contributed by atoms with Gasteiger partial charge in [-0.15, -0.1) is 0 Å². The van der Waals surface area contributed by atoms with E-state index in [9.17, 15) is 23.9 Å². The van der Waals surface area contributed by atoms with Gasteiger partial charge in [0, 0.05) is 24.2 Å². The van der Waals surface area contributed by atoms with Crippen molar-refractivity contribution in [2.24, 2.45) is 29.4 Å². The van der Waals surface area contributed by atoms with Gasteiger partial charge in [0.15, 0.2) is 0 Å². The number of H-pyrrole nitrogens is 1. The van der Waals surface area contributed by atoms with Crippen LogP contribution in [0.3, 0.4) is 0 Å². The van der Waals surface area contributed by atoms with Crippen LogP contribution in [0.1, 0.15) is 74.8 Å². The van der Waals surface area contributed by atoms with Crippen LogP contribution < -0.4 is 11.1 Å². The largest absolute Gasteiger partial charge is 0.475 e. The third-order valence-corrected chi connectivity index (χ3v) is 9.11. The van der Waals surface area contributed by atoms with Crippen LogP contribution in [-0.2, 0) is 9.59 Å². The molecule has 10 heteroatoms. The molecule has 3 aliphatic rings. The van der Waals surface area contributed by atoms with Crippen LogP contribution in [0.5, 0.6) is 0 Å². The Hall–Kier alpha value is -3.01. The molecule has 5 N–H and O–H groups in total. The van der Waals surface area contributed by atoms with Gasteiger partial charge in [-0.05, 0) is 68.1 Å². The van der Waals surface area contributed by atoms with Gasteiger partial charge in [-0.2, -0.15) is 0 Å². The molecule has 3 fully saturated rings. The van der Waals surface area contributed by atoms with Gasteiger partial charge in [0.25, 0.3) is 0 Å². The Morgan fingerprint density at radius 2 is 1.84 bits per heavy atom. The summed E-state index contributed by atoms with van der Waals surface area (Å²) in [5.74, 6) is -0.995. The number of halogens is 1. The second-order valence-electron chi connectivity index (χ2n) is 11.4. The van der Waals surface area contributed by atoms with Crippen molar-refractivity contribution in [1.82, 2.24) is 14.9 Å². The van der Waals surface area contributed by atoms with Gasteiger partial charge < -0.3 is 26.0 Å². The number of fused-ring (bicyclic) bond motifs is 1. The van der Waals surface area contributed by atoms with Crippen LogP contribution in [0.15, 0.2) is 18.2 Å². The third-order valence-electron chi connectivity index (χ3n) is 9.11. The first kappa shape index (κ1) is 26.6. The summed E-state index contributed by atoms with van der Waals surface area (Å²) in [6.07, 6.45) is 9.34. The van der Waals surface area contributed by atoms with Crippen LogP contribution in [0.4, 0.5) is 10.1 Å². The molecule has 2 aliphatic carbocycles. The molecule has 2 aromatic rings. The molecule has 2 saturated carbocycles. The molecule has 5 rings (SSSR count). The predicted octanol–water partition coefficient (Wildman–Crippen LogP) is 4.10. The lowest BCUT2D eigenvalue weighted by Gasteiger charge is -2.36. The molecule has 2 amide bonds. The van der Waals surface area contributed by atoms with Crippen LogP contribution >= 0.6 is 0 Å². The molecule has 0 radical (unpaired) electrons. The zero-order chi connectivity index (χ0) is 26.8. The number of aromatic nitrogens is 2. The number of amides is 2. The Labute approximate surface area is 221 Å². The number of rotatable bonds is 7. The zero-order valence-corrected chi connectivity index (χ0v) is 21.7. The normalized spacial score (nSPS) is 27.4. The molecule has 0 bridgehead atoms. The summed E-state index contributed by atoms with van der Waals surface area (Å²) in [6.45, 7) is 0.0325. The van der Waals surface area contributed by atoms with Crippen molar-refractivity contribution in [2.75, 3.05) is 18.5 Å². The first-order valence-electron chi connectivity index (χ1n) is 14.0. The number of aromatic carboxylic acids is 1. The average Bonchev–Trinajstić information content (AvgIpc) is 3.58. The van der Waals surface area contributed by atoms with Crippen molar-refractivity contribution in [3.8, 4) is 0 Å². The van der Waals surface area contributed by atoms with E-state index in [1.165, 1.54) is 6.42 Å². The Kier molecular flexibility index (Phi) is 7.97. The van der Waals surface area contributed by atoms with Gasteiger partial charge in [-0.25, -0.2) is 14.2 Å². The standard InChI is InChI=1S/C28H38FN5O4/c29-15-21(30)17-6-8-18(9-7-17)27(36)34-13-12-20(16-4-2-1-3-5-16)24(34)26(35)31-19-10-11-22-23(14-19)33-25(32-22)28(37)38/h10-11,14,16-18,20-21,24H,1-9,12-13,15,30H2,(H,31,35)(H,32,33)(H,37,38)/t17-,18-,20?,21-,24+/m1/s1. The smallest absolute Gasteiger partial charge is 0.371 e. The predicted molar refractivity (Wildman–Crippen MR) is 141 cm³/mol. The van der Waals surface area contributed by atoms with Crippen LogP contribution in [0.2, 0.25) is 0 Å². The first-order chi connectivity index (χ1) is 18.4. The van der Waals surface area contributed by atoms with Crippen molar-refractivity contribution in [2.45, 2.75) is 76.3 Å². The molecule has 206 valence electrons. The van der Waals surface area contributed by atoms with E-state index in [0.717, 1.165) is 44.9 Å². The van der Waals surface area contributed by atoms with E-state index < -0.39 is 24.7 Å². The molecule has 1 aromatic heterocycles. The minimum atomic E-state index is -1.15. The molecule has 1 aliphatic heterocycles. The summed E-state index contributed by atoms with van der Waals surface area (Å²) < 4.78 is 13.1. The van der Waals surface area contributed by atoms with E-state index in [1.54, 1.807) is 18.2 Å². The lowest BCUT2D eigenvalue weighted by atomic mass is 9.76. The maximum atomic E-state index is 13.8. The lowest BCUT2D eigenvalue weighted by Crippen LogP contribution is -2.50. The topological polar surface area (TPSA) is 141 Å². The fourth-order valence-electron chi connectivity index (χ4n) is 7.01. The number of carbonyl (C=O) groups excluding carboxylic acids is 2. The molecular weight excluding hydrogens is 489 g/mol. The number of imidazole rings is 1. The number of aromatic amines is 1. The summed E-state index contributed by atoms with van der Waals surface area (Å²) >= 11 is 0. The van der Waals surface area contributed by atoms with Crippen molar-refractivity contribution < 1.29 is 23.9 Å². The van der Waals surface area contributed by atoms with Crippen molar-refractivity contribution in [1.29, 1.82) is 0 Å². The zero-order valence-electron chi connectivity index (χ0n) is 21.7. The van der Waals surface area contributed by atoms with Gasteiger partial charge in [-0.3, -0.25) is 9.59 Å². The number of benzene rings is 1. The van der Waals surface area contributed by atoms with Crippen molar-refractivity contribution >= 4 is 34.5 Å². The fraction of sp³-hybridized carbons (Fsp3) is 0.643. The SMILES string of the molecule is N[C@H](CF)[C@H]1CC[C@H](C(=O)N2CCC(C3CCCCC3)[C@H]2C(=O)Nc2ccc3[nH]c(C(=O)O)nc3c2)CC1. The van der Waals surface area contributed by atoms with E-state index in [0.29, 0.717) is 42.0 Å². The highest BCUT2D eigenvalue weighted by atomic mass is 19.1. The Morgan fingerprint density at radius 1 is 1.11 bits per heavy atom. The molecule has 9 nitrogen and oxygen atoms in total. The van der Waals surface area contributed by atoms with Crippen molar-refractivity contribution in [3.05, 3.63) is 24.0 Å². The quantitative estimate of drug-likeness (QED) is 0.427. The maximum absolute atomic E-state index is 13.8. The number of anilines is 1. The first-order valence-corrected chi connectivity index (χ1v) is 14.0. The highest BCUT2D eigenvalue weighted by Gasteiger charge is 2.47. The second-order valence-corrected chi connectivity index (χ2v) is 11.4. The molecule has 2 heterocycles. The van der Waals surface area contributed by atoms with E-state index in [-0.39, 0.29) is 35.4 Å². The van der Waals surface area contributed by atoms with Crippen LogP contribution in [0, 0.1) is 23.7 Å². The summed E-state index contributed by atoms with van der Waals surface area (Å²) in [5.41, 5.74) is 7.46. The summed E-state index contributed by atoms with van der Waals surface area (Å²) in [4.78, 5) is 47.5. The highest BCUT2D eigenvalue weighted by molar-refractivity contribution is 5.99. The molecular formula is C28H38FN5O4. The van der Waals surface area contributed by atoms with Crippen LogP contribution in [0.25, 0.3) is 11.0 Å². The number of hydrogen-bond donors (Lipinski definition) is 4. The van der Waals surface area contributed by atoms with Crippen LogP contribution in [-0.4, -0.2) is 63.1 Å². The maximum Gasteiger partial charge on any atom is 0.371 e. The summed E-state index contributed by atoms with van der Waals surface area (Å²) in [6, 6.07) is 4.06. The number of nitrogens with zero attached hydrogens (tertiary/aromatic N) is 2. The van der Waals surface area contributed by atoms with E-state index >= 15 is 0 Å². The summed E-state index contributed by atoms with van der Waals surface area (Å²) in [7, 11) is 0. The number of nitrogens with two attached hydrogens (primary N) is 1. The summed E-state index contributed by atoms with van der Waals surface area (Å²) in [5, 5.41) is 12.2. The third kappa shape index (κ3) is 5.41. The Morgan fingerprint density at radius 3 is 2.53 bits per heavy atom. The van der Waals surface area contributed by atoms with Gasteiger partial charge in [0.2, 0.25) is 17.6 Å². The van der Waals surface area contributed by atoms with E-state index in [1.807, 2.05) is 4.90 Å². The number of hydrogen-bond acceptors (Lipinski definition) is 5.